The molecule has 0 saturated heterocycles. The highest BCUT2D eigenvalue weighted by Gasteiger charge is 2.20. The number of anilines is 1. The molecule has 1 saturated carbocycles. The lowest BCUT2D eigenvalue weighted by Gasteiger charge is -2.10. The number of hydrogen-bond donors (Lipinski definition) is 2. The van der Waals surface area contributed by atoms with Crippen LogP contribution in [-0.2, 0) is 0 Å². The number of methoxy groups -OCH3 is 2. The summed E-state index contributed by atoms with van der Waals surface area (Å²) in [6, 6.07) is 5.93. The highest BCUT2D eigenvalue weighted by Crippen LogP contribution is 2.29. The van der Waals surface area contributed by atoms with Gasteiger partial charge in [0.25, 0.3) is 0 Å². The quantitative estimate of drug-likeness (QED) is 0.614. The van der Waals surface area contributed by atoms with Crippen LogP contribution < -0.4 is 20.5 Å². The monoisotopic (exact) mass is 235 g/mol. The highest BCUT2D eigenvalue weighted by molar-refractivity contribution is 5.92. The molecule has 0 unspecified atom stereocenters. The van der Waals surface area contributed by atoms with Crippen molar-refractivity contribution >= 4 is 11.6 Å². The van der Waals surface area contributed by atoms with Crippen LogP contribution in [0.3, 0.4) is 0 Å². The molecule has 1 aliphatic carbocycles. The number of guanidine groups is 1. The lowest BCUT2D eigenvalue weighted by atomic mass is 10.3. The fourth-order valence-corrected chi connectivity index (χ4v) is 1.49. The van der Waals surface area contributed by atoms with Crippen molar-refractivity contribution in [1.82, 2.24) is 0 Å². The number of nitrogens with one attached hydrogen (secondary N) is 1. The van der Waals surface area contributed by atoms with Crippen LogP contribution in [-0.4, -0.2) is 26.2 Å². The maximum Gasteiger partial charge on any atom is 0.193 e. The Morgan fingerprint density at radius 3 is 2.59 bits per heavy atom. The third kappa shape index (κ3) is 3.03. The van der Waals surface area contributed by atoms with Crippen LogP contribution >= 0.6 is 0 Å². The van der Waals surface area contributed by atoms with E-state index >= 15 is 0 Å². The summed E-state index contributed by atoms with van der Waals surface area (Å²) in [5.74, 6) is 1.80. The van der Waals surface area contributed by atoms with E-state index in [1.807, 2.05) is 18.2 Å². The number of ether oxygens (including phenoxy) is 2. The first-order valence-corrected chi connectivity index (χ1v) is 5.55. The Morgan fingerprint density at radius 1 is 1.29 bits per heavy atom. The molecule has 0 spiro atoms. The standard InChI is InChI=1S/C12H17N3O2/c1-16-10-6-5-9(7-11(10)17-2)15-12(13)14-8-3-4-8/h5-8H,3-4H2,1-2H3,(H3,13,14,15). The number of aliphatic imine (C=N–C) groups is 1. The number of rotatable bonds is 4. The van der Waals surface area contributed by atoms with Gasteiger partial charge in [-0.15, -0.1) is 0 Å². The SMILES string of the molecule is COc1ccc(NC(N)=NC2CC2)cc1OC. The van der Waals surface area contributed by atoms with Crippen LogP contribution in [0.5, 0.6) is 11.5 Å². The van der Waals surface area contributed by atoms with Crippen LogP contribution in [0.25, 0.3) is 0 Å². The summed E-state index contributed by atoms with van der Waals surface area (Å²) in [7, 11) is 3.21. The molecule has 1 aromatic carbocycles. The Hall–Kier alpha value is -1.91. The van der Waals surface area contributed by atoms with Gasteiger partial charge in [-0.25, -0.2) is 4.99 Å². The Kier molecular flexibility index (Phi) is 3.37. The molecule has 0 atom stereocenters. The summed E-state index contributed by atoms with van der Waals surface area (Å²) < 4.78 is 10.4. The van der Waals surface area contributed by atoms with Crippen molar-refractivity contribution in [2.24, 2.45) is 10.7 Å². The first-order chi connectivity index (χ1) is 8.22. The maximum atomic E-state index is 5.78. The Bertz CT molecular complexity index is 428. The van der Waals surface area contributed by atoms with E-state index < -0.39 is 0 Å². The minimum absolute atomic E-state index is 0.405. The molecule has 0 aliphatic heterocycles. The zero-order valence-electron chi connectivity index (χ0n) is 10.1. The van der Waals surface area contributed by atoms with Gasteiger partial charge in [-0.05, 0) is 25.0 Å². The average Bonchev–Trinajstić information content (AvgIpc) is 3.12. The zero-order valence-corrected chi connectivity index (χ0v) is 10.1. The zero-order chi connectivity index (χ0) is 12.3. The lowest BCUT2D eigenvalue weighted by Crippen LogP contribution is -2.23. The molecule has 0 amide bonds. The van der Waals surface area contributed by atoms with Gasteiger partial charge in [0.15, 0.2) is 17.5 Å². The molecule has 0 heterocycles. The second kappa shape index (κ2) is 4.95. The van der Waals surface area contributed by atoms with E-state index in [4.69, 9.17) is 15.2 Å². The maximum absolute atomic E-state index is 5.78. The summed E-state index contributed by atoms with van der Waals surface area (Å²) in [6.07, 6.45) is 2.27. The van der Waals surface area contributed by atoms with Crippen molar-refractivity contribution < 1.29 is 9.47 Å². The van der Waals surface area contributed by atoms with Crippen molar-refractivity contribution in [2.75, 3.05) is 19.5 Å². The predicted octanol–water partition coefficient (Wildman–Crippen LogP) is 1.59. The van der Waals surface area contributed by atoms with Crippen LogP contribution in [0.2, 0.25) is 0 Å². The van der Waals surface area contributed by atoms with Crippen molar-refractivity contribution in [2.45, 2.75) is 18.9 Å². The predicted molar refractivity (Wildman–Crippen MR) is 67.8 cm³/mol. The first-order valence-electron chi connectivity index (χ1n) is 5.55. The average molecular weight is 235 g/mol. The van der Waals surface area contributed by atoms with E-state index in [1.54, 1.807) is 14.2 Å². The largest absolute Gasteiger partial charge is 0.493 e. The normalized spacial score (nSPS) is 15.5. The van der Waals surface area contributed by atoms with Gasteiger partial charge in [0.2, 0.25) is 0 Å². The van der Waals surface area contributed by atoms with Gasteiger partial charge in [-0.3, -0.25) is 0 Å². The van der Waals surface area contributed by atoms with Crippen molar-refractivity contribution in [3.8, 4) is 11.5 Å². The Morgan fingerprint density at radius 2 is 2.00 bits per heavy atom. The van der Waals surface area contributed by atoms with Crippen LogP contribution in [0.4, 0.5) is 5.69 Å². The van der Waals surface area contributed by atoms with E-state index in [0.717, 1.165) is 18.5 Å². The van der Waals surface area contributed by atoms with Crippen LogP contribution in [0, 0.1) is 0 Å². The molecule has 0 radical (unpaired) electrons. The van der Waals surface area contributed by atoms with Gasteiger partial charge >= 0.3 is 0 Å². The lowest BCUT2D eigenvalue weighted by molar-refractivity contribution is 0.355. The molecule has 5 heteroatoms. The van der Waals surface area contributed by atoms with Crippen LogP contribution in [0.1, 0.15) is 12.8 Å². The second-order valence-electron chi connectivity index (χ2n) is 3.94. The van der Waals surface area contributed by atoms with E-state index in [1.165, 1.54) is 0 Å². The molecule has 1 aliphatic rings. The molecule has 2 rings (SSSR count). The summed E-state index contributed by atoms with van der Waals surface area (Å²) in [5.41, 5.74) is 6.61. The third-order valence-electron chi connectivity index (χ3n) is 2.52. The molecule has 0 aromatic heterocycles. The molecule has 1 fully saturated rings. The second-order valence-corrected chi connectivity index (χ2v) is 3.94. The fourth-order valence-electron chi connectivity index (χ4n) is 1.49. The van der Waals surface area contributed by atoms with Gasteiger partial charge in [-0.1, -0.05) is 0 Å². The van der Waals surface area contributed by atoms with Gasteiger partial charge in [0.1, 0.15) is 0 Å². The van der Waals surface area contributed by atoms with E-state index in [2.05, 4.69) is 10.3 Å². The van der Waals surface area contributed by atoms with Gasteiger partial charge in [0.05, 0.1) is 20.3 Å². The summed E-state index contributed by atoms with van der Waals surface area (Å²) in [5, 5.41) is 3.03. The Labute approximate surface area is 101 Å². The summed E-state index contributed by atoms with van der Waals surface area (Å²) >= 11 is 0. The molecule has 17 heavy (non-hydrogen) atoms. The topological polar surface area (TPSA) is 68.9 Å². The van der Waals surface area contributed by atoms with E-state index in [9.17, 15) is 0 Å². The third-order valence-corrected chi connectivity index (χ3v) is 2.52. The molecular weight excluding hydrogens is 218 g/mol. The van der Waals surface area contributed by atoms with E-state index in [-0.39, 0.29) is 0 Å². The first kappa shape index (κ1) is 11.6. The molecule has 1 aromatic rings. The summed E-state index contributed by atoms with van der Waals surface area (Å²) in [4.78, 5) is 4.29. The van der Waals surface area contributed by atoms with Gasteiger partial charge in [0, 0.05) is 11.8 Å². The minimum atomic E-state index is 0.405. The Balaban J connectivity index is 2.10. The molecule has 92 valence electrons. The van der Waals surface area contributed by atoms with Crippen molar-refractivity contribution in [3.05, 3.63) is 18.2 Å². The van der Waals surface area contributed by atoms with Crippen LogP contribution in [0.15, 0.2) is 23.2 Å². The fraction of sp³-hybridized carbons (Fsp3) is 0.417. The smallest absolute Gasteiger partial charge is 0.193 e. The van der Waals surface area contributed by atoms with E-state index in [0.29, 0.717) is 23.5 Å². The van der Waals surface area contributed by atoms with Gasteiger partial charge < -0.3 is 20.5 Å². The molecular formula is C12H17N3O2. The van der Waals surface area contributed by atoms with Crippen molar-refractivity contribution in [3.63, 3.8) is 0 Å². The molecule has 5 nitrogen and oxygen atoms in total. The van der Waals surface area contributed by atoms with Crippen molar-refractivity contribution in [1.29, 1.82) is 0 Å². The number of hydrogen-bond acceptors (Lipinski definition) is 3. The summed E-state index contributed by atoms with van der Waals surface area (Å²) in [6.45, 7) is 0. The minimum Gasteiger partial charge on any atom is -0.493 e. The number of nitrogens with zero attached hydrogens (tertiary/aromatic N) is 1. The van der Waals surface area contributed by atoms with Gasteiger partial charge in [-0.2, -0.15) is 0 Å². The highest BCUT2D eigenvalue weighted by atomic mass is 16.5. The molecule has 3 N–H and O–H groups in total. The number of benzene rings is 1. The molecule has 0 bridgehead atoms. The number of nitrogens with two attached hydrogens (primary N) is 1.